The van der Waals surface area contributed by atoms with Gasteiger partial charge in [-0.25, -0.2) is 8.42 Å². The van der Waals surface area contributed by atoms with Crippen LogP contribution in [0.2, 0.25) is 0 Å². The molecule has 0 aliphatic rings. The molecule has 0 saturated carbocycles. The van der Waals surface area contributed by atoms with E-state index >= 15 is 0 Å². The van der Waals surface area contributed by atoms with Crippen molar-refractivity contribution in [2.75, 3.05) is 7.11 Å². The summed E-state index contributed by atoms with van der Waals surface area (Å²) in [6.07, 6.45) is 0. The fourth-order valence-electron chi connectivity index (χ4n) is 1.54. The van der Waals surface area contributed by atoms with Crippen LogP contribution in [0, 0.1) is 12.8 Å². The van der Waals surface area contributed by atoms with Crippen molar-refractivity contribution in [3.8, 4) is 0 Å². The van der Waals surface area contributed by atoms with Crippen LogP contribution in [0.15, 0.2) is 29.2 Å². The van der Waals surface area contributed by atoms with Gasteiger partial charge >= 0.3 is 5.97 Å². The third-order valence-corrected chi connectivity index (χ3v) is 4.19. The SMILES string of the molecule is COC(=O)[C@@H](NS(=O)(=O)c1ccc(C)cc1)C(C)C. The first-order valence-electron chi connectivity index (χ1n) is 5.94. The fourth-order valence-corrected chi connectivity index (χ4v) is 2.87. The topological polar surface area (TPSA) is 72.5 Å². The zero-order valence-corrected chi connectivity index (χ0v) is 12.3. The van der Waals surface area contributed by atoms with Crippen LogP contribution in [-0.4, -0.2) is 27.5 Å². The van der Waals surface area contributed by atoms with Gasteiger partial charge in [-0.05, 0) is 25.0 Å². The molecule has 5 nitrogen and oxygen atoms in total. The molecule has 6 heteroatoms. The maximum atomic E-state index is 12.2. The maximum absolute atomic E-state index is 12.2. The van der Waals surface area contributed by atoms with Gasteiger partial charge in [0.1, 0.15) is 6.04 Å². The van der Waals surface area contributed by atoms with E-state index in [4.69, 9.17) is 0 Å². The quantitative estimate of drug-likeness (QED) is 0.832. The number of carbonyl (C=O) groups excluding carboxylic acids is 1. The van der Waals surface area contributed by atoms with E-state index in [9.17, 15) is 13.2 Å². The number of hydrogen-bond acceptors (Lipinski definition) is 4. The lowest BCUT2D eigenvalue weighted by molar-refractivity contribution is -0.143. The number of methoxy groups -OCH3 is 1. The van der Waals surface area contributed by atoms with Crippen LogP contribution < -0.4 is 4.72 Å². The van der Waals surface area contributed by atoms with Crippen LogP contribution in [0.25, 0.3) is 0 Å². The Balaban J connectivity index is 3.00. The lowest BCUT2D eigenvalue weighted by Crippen LogP contribution is -2.44. The van der Waals surface area contributed by atoms with E-state index < -0.39 is 22.0 Å². The zero-order chi connectivity index (χ0) is 14.6. The average molecular weight is 285 g/mol. The number of sulfonamides is 1. The van der Waals surface area contributed by atoms with E-state index in [1.54, 1.807) is 26.0 Å². The minimum atomic E-state index is -3.73. The molecule has 0 aliphatic carbocycles. The first-order chi connectivity index (χ1) is 8.77. The third-order valence-electron chi connectivity index (χ3n) is 2.74. The molecule has 0 heterocycles. The summed E-state index contributed by atoms with van der Waals surface area (Å²) >= 11 is 0. The van der Waals surface area contributed by atoms with Gasteiger partial charge in [-0.2, -0.15) is 4.72 Å². The van der Waals surface area contributed by atoms with E-state index in [1.165, 1.54) is 19.2 Å². The Morgan fingerprint density at radius 3 is 2.16 bits per heavy atom. The number of esters is 1. The molecule has 1 aromatic carbocycles. The molecule has 19 heavy (non-hydrogen) atoms. The first-order valence-corrected chi connectivity index (χ1v) is 7.43. The third kappa shape index (κ3) is 4.04. The highest BCUT2D eigenvalue weighted by Crippen LogP contribution is 2.13. The molecule has 0 aromatic heterocycles. The summed E-state index contributed by atoms with van der Waals surface area (Å²) in [4.78, 5) is 11.7. The van der Waals surface area contributed by atoms with Gasteiger partial charge < -0.3 is 4.74 Å². The number of aryl methyl sites for hydroxylation is 1. The van der Waals surface area contributed by atoms with Gasteiger partial charge in [0.25, 0.3) is 0 Å². The number of rotatable bonds is 5. The molecule has 0 radical (unpaired) electrons. The Bertz CT molecular complexity index is 534. The van der Waals surface area contributed by atoms with Crippen LogP contribution in [0.3, 0.4) is 0 Å². The van der Waals surface area contributed by atoms with Crippen molar-refractivity contribution in [3.05, 3.63) is 29.8 Å². The molecule has 0 unspecified atom stereocenters. The van der Waals surface area contributed by atoms with Gasteiger partial charge in [-0.1, -0.05) is 31.5 Å². The van der Waals surface area contributed by atoms with E-state index in [-0.39, 0.29) is 10.8 Å². The molecule has 1 atom stereocenters. The summed E-state index contributed by atoms with van der Waals surface area (Å²) in [6, 6.07) is 5.53. The molecular formula is C13H19NO4S. The van der Waals surface area contributed by atoms with E-state index in [1.807, 2.05) is 6.92 Å². The summed E-state index contributed by atoms with van der Waals surface area (Å²) in [6.45, 7) is 5.37. The highest BCUT2D eigenvalue weighted by molar-refractivity contribution is 7.89. The van der Waals surface area contributed by atoms with Crippen molar-refractivity contribution in [3.63, 3.8) is 0 Å². The minimum absolute atomic E-state index is 0.132. The van der Waals surface area contributed by atoms with Crippen LogP contribution in [-0.2, 0) is 19.6 Å². The van der Waals surface area contributed by atoms with Crippen molar-refractivity contribution in [1.82, 2.24) is 4.72 Å². The molecule has 106 valence electrons. The lowest BCUT2D eigenvalue weighted by Gasteiger charge is -2.19. The summed E-state index contributed by atoms with van der Waals surface area (Å²) in [5, 5.41) is 0. The Hall–Kier alpha value is -1.40. The van der Waals surface area contributed by atoms with E-state index in [0.717, 1.165) is 5.56 Å². The molecular weight excluding hydrogens is 266 g/mol. The van der Waals surface area contributed by atoms with Crippen LogP contribution >= 0.6 is 0 Å². The largest absolute Gasteiger partial charge is 0.468 e. The first kappa shape index (κ1) is 15.7. The highest BCUT2D eigenvalue weighted by atomic mass is 32.2. The van der Waals surface area contributed by atoms with Gasteiger partial charge in [0.05, 0.1) is 12.0 Å². The zero-order valence-electron chi connectivity index (χ0n) is 11.5. The van der Waals surface area contributed by atoms with Gasteiger partial charge in [-0.3, -0.25) is 4.79 Å². The van der Waals surface area contributed by atoms with Crippen LogP contribution in [0.4, 0.5) is 0 Å². The van der Waals surface area contributed by atoms with E-state index in [0.29, 0.717) is 0 Å². The predicted molar refractivity (Wildman–Crippen MR) is 72.1 cm³/mol. The molecule has 1 rings (SSSR count). The number of hydrogen-bond donors (Lipinski definition) is 1. The van der Waals surface area contributed by atoms with Crippen LogP contribution in [0.1, 0.15) is 19.4 Å². The van der Waals surface area contributed by atoms with Gasteiger partial charge in [-0.15, -0.1) is 0 Å². The second kappa shape index (κ2) is 6.16. The summed E-state index contributed by atoms with van der Waals surface area (Å²) < 4.78 is 31.3. The standard InChI is InChI=1S/C13H19NO4S/c1-9(2)12(13(15)18-4)14-19(16,17)11-7-5-10(3)6-8-11/h5-9,12,14H,1-4H3/t12-/m0/s1. The van der Waals surface area contributed by atoms with Gasteiger partial charge in [0, 0.05) is 0 Å². The Kier molecular flexibility index (Phi) is 5.08. The molecule has 0 saturated heterocycles. The molecule has 0 bridgehead atoms. The summed E-state index contributed by atoms with van der Waals surface area (Å²) in [5.41, 5.74) is 0.965. The fraction of sp³-hybridized carbons (Fsp3) is 0.462. The van der Waals surface area contributed by atoms with E-state index in [2.05, 4.69) is 9.46 Å². The Morgan fingerprint density at radius 2 is 1.74 bits per heavy atom. The summed E-state index contributed by atoms with van der Waals surface area (Å²) in [7, 11) is -2.49. The van der Waals surface area contributed by atoms with Gasteiger partial charge in [0.2, 0.25) is 10.0 Å². The van der Waals surface area contributed by atoms with Crippen molar-refractivity contribution in [2.45, 2.75) is 31.7 Å². The molecule has 1 aromatic rings. The second-order valence-corrected chi connectivity index (χ2v) is 6.39. The van der Waals surface area contributed by atoms with Crippen molar-refractivity contribution < 1.29 is 17.9 Å². The van der Waals surface area contributed by atoms with Crippen LogP contribution in [0.5, 0.6) is 0 Å². The Labute approximate surface area is 114 Å². The maximum Gasteiger partial charge on any atom is 0.324 e. The smallest absolute Gasteiger partial charge is 0.324 e. The van der Waals surface area contributed by atoms with Crippen molar-refractivity contribution >= 4 is 16.0 Å². The monoisotopic (exact) mass is 285 g/mol. The lowest BCUT2D eigenvalue weighted by atomic mass is 10.1. The number of benzene rings is 1. The molecule has 1 N–H and O–H groups in total. The second-order valence-electron chi connectivity index (χ2n) is 4.68. The highest BCUT2D eigenvalue weighted by Gasteiger charge is 2.28. The molecule has 0 aliphatic heterocycles. The summed E-state index contributed by atoms with van der Waals surface area (Å²) in [5.74, 6) is -0.793. The number of ether oxygens (including phenoxy) is 1. The molecule has 0 amide bonds. The Morgan fingerprint density at radius 1 is 1.21 bits per heavy atom. The molecule has 0 spiro atoms. The van der Waals surface area contributed by atoms with Crippen molar-refractivity contribution in [1.29, 1.82) is 0 Å². The number of carbonyl (C=O) groups is 1. The normalized spacial score (nSPS) is 13.3. The number of nitrogens with one attached hydrogen (secondary N) is 1. The minimum Gasteiger partial charge on any atom is -0.468 e. The average Bonchev–Trinajstić information content (AvgIpc) is 2.35. The predicted octanol–water partition coefficient (Wildman–Crippen LogP) is 1.47. The van der Waals surface area contributed by atoms with Gasteiger partial charge in [0.15, 0.2) is 0 Å². The van der Waals surface area contributed by atoms with Crippen molar-refractivity contribution in [2.24, 2.45) is 5.92 Å². The molecule has 0 fully saturated rings.